The monoisotopic (exact) mass is 342 g/mol. The van der Waals surface area contributed by atoms with E-state index in [1.165, 1.54) is 0 Å². The van der Waals surface area contributed by atoms with Gasteiger partial charge in [-0.05, 0) is 0 Å². The van der Waals surface area contributed by atoms with Gasteiger partial charge in [0.15, 0.2) is 6.29 Å². The summed E-state index contributed by atoms with van der Waals surface area (Å²) in [4.78, 5) is 10.6. The number of hydrogen-bond donors (Lipinski definition) is 9. The maximum atomic E-state index is 10.6. The summed E-state index contributed by atoms with van der Waals surface area (Å²) in [6.07, 6.45) is -16.3. The maximum absolute atomic E-state index is 10.6. The minimum absolute atomic E-state index is 0.163. The van der Waals surface area contributed by atoms with Crippen LogP contribution in [0.4, 0.5) is 0 Å². The SMILES string of the molecule is O=CC(O)C(O)[C@](O)(C(O)CO)C1OC(CO)C(O)C(O)C1O. The van der Waals surface area contributed by atoms with Crippen molar-refractivity contribution in [3.8, 4) is 0 Å². The second-order valence-corrected chi connectivity index (χ2v) is 5.41. The molecule has 11 heteroatoms. The number of aliphatic hydroxyl groups excluding tert-OH is 8. The van der Waals surface area contributed by atoms with E-state index in [9.17, 15) is 40.5 Å². The van der Waals surface area contributed by atoms with Crippen molar-refractivity contribution in [2.75, 3.05) is 13.2 Å². The first-order valence-electron chi connectivity index (χ1n) is 6.79. The summed E-state index contributed by atoms with van der Waals surface area (Å²) >= 11 is 0. The van der Waals surface area contributed by atoms with E-state index in [0.29, 0.717) is 0 Å². The van der Waals surface area contributed by atoms with Crippen molar-refractivity contribution in [3.05, 3.63) is 0 Å². The molecule has 9 atom stereocenters. The summed E-state index contributed by atoms with van der Waals surface area (Å²) in [5, 5.41) is 87.1. The summed E-state index contributed by atoms with van der Waals surface area (Å²) in [5.41, 5.74) is -3.00. The number of hydrogen-bond acceptors (Lipinski definition) is 11. The molecule has 0 aliphatic carbocycles. The van der Waals surface area contributed by atoms with E-state index in [4.69, 9.17) is 14.9 Å². The number of aliphatic hydroxyl groups is 9. The summed E-state index contributed by atoms with van der Waals surface area (Å²) in [7, 11) is 0. The van der Waals surface area contributed by atoms with Gasteiger partial charge in [0, 0.05) is 0 Å². The van der Waals surface area contributed by atoms with E-state index in [1.807, 2.05) is 0 Å². The Morgan fingerprint density at radius 3 is 2.04 bits per heavy atom. The van der Waals surface area contributed by atoms with Crippen LogP contribution in [0.2, 0.25) is 0 Å². The molecule has 0 saturated carbocycles. The lowest BCUT2D eigenvalue weighted by atomic mass is 9.76. The average molecular weight is 342 g/mol. The van der Waals surface area contributed by atoms with Crippen LogP contribution in [0.15, 0.2) is 0 Å². The first-order valence-corrected chi connectivity index (χ1v) is 6.79. The number of ether oxygens (including phenoxy) is 1. The Kier molecular flexibility index (Phi) is 6.97. The van der Waals surface area contributed by atoms with Gasteiger partial charge >= 0.3 is 0 Å². The predicted octanol–water partition coefficient (Wildman–Crippen LogP) is -6.17. The van der Waals surface area contributed by atoms with Crippen LogP contribution in [-0.4, -0.2) is 120 Å². The molecule has 0 radical (unpaired) electrons. The summed E-state index contributed by atoms with van der Waals surface area (Å²) < 4.78 is 5.02. The first kappa shape index (κ1) is 20.3. The molecule has 9 N–H and O–H groups in total. The highest BCUT2D eigenvalue weighted by Crippen LogP contribution is 2.33. The van der Waals surface area contributed by atoms with E-state index in [2.05, 4.69) is 0 Å². The van der Waals surface area contributed by atoms with Crippen LogP contribution >= 0.6 is 0 Å². The van der Waals surface area contributed by atoms with E-state index < -0.39 is 67.6 Å². The molecule has 1 fully saturated rings. The highest BCUT2D eigenvalue weighted by Gasteiger charge is 2.59. The van der Waals surface area contributed by atoms with Gasteiger partial charge in [0.2, 0.25) is 0 Å². The largest absolute Gasteiger partial charge is 0.394 e. The molecule has 1 heterocycles. The third-order valence-corrected chi connectivity index (χ3v) is 3.99. The topological polar surface area (TPSA) is 208 Å². The first-order chi connectivity index (χ1) is 10.7. The summed E-state index contributed by atoms with van der Waals surface area (Å²) in [6.45, 7) is -2.01. The molecule has 0 aromatic carbocycles. The molecule has 1 saturated heterocycles. The third-order valence-electron chi connectivity index (χ3n) is 3.99. The highest BCUT2D eigenvalue weighted by molar-refractivity contribution is 5.57. The van der Waals surface area contributed by atoms with Gasteiger partial charge in [0.05, 0.1) is 13.2 Å². The van der Waals surface area contributed by atoms with Gasteiger partial charge in [0.25, 0.3) is 0 Å². The molecule has 23 heavy (non-hydrogen) atoms. The molecule has 0 spiro atoms. The van der Waals surface area contributed by atoms with Crippen molar-refractivity contribution in [2.45, 2.75) is 54.4 Å². The fourth-order valence-corrected chi connectivity index (χ4v) is 2.53. The Balaban J connectivity index is 3.27. The standard InChI is InChI=1S/C12H22O11/c13-1-4(16)10(21)12(22,6(17)3-15)11-9(20)8(19)7(18)5(2-14)23-11/h1,4-11,14-22H,2-3H2/t4?,5?,6?,7?,8?,9?,10?,11?,12-/m1/s1. The summed E-state index contributed by atoms with van der Waals surface area (Å²) in [6, 6.07) is 0. The Hall–Kier alpha value is -0.730. The van der Waals surface area contributed by atoms with Crippen molar-refractivity contribution >= 4 is 6.29 Å². The fraction of sp³-hybridized carbons (Fsp3) is 0.917. The van der Waals surface area contributed by atoms with Gasteiger partial charge in [-0.25, -0.2) is 0 Å². The van der Waals surface area contributed by atoms with Crippen molar-refractivity contribution in [2.24, 2.45) is 0 Å². The minimum atomic E-state index is -3.00. The lowest BCUT2D eigenvalue weighted by molar-refractivity contribution is -0.309. The Morgan fingerprint density at radius 2 is 1.61 bits per heavy atom. The van der Waals surface area contributed by atoms with Crippen LogP contribution in [0.3, 0.4) is 0 Å². The Morgan fingerprint density at radius 1 is 1.04 bits per heavy atom. The number of carbonyl (C=O) groups is 1. The van der Waals surface area contributed by atoms with Gasteiger partial charge in [-0.1, -0.05) is 0 Å². The molecule has 1 aliphatic rings. The van der Waals surface area contributed by atoms with Gasteiger partial charge in [-0.2, -0.15) is 0 Å². The average Bonchev–Trinajstić information content (AvgIpc) is 2.56. The molecule has 1 rings (SSSR count). The van der Waals surface area contributed by atoms with Crippen molar-refractivity contribution in [1.82, 2.24) is 0 Å². The maximum Gasteiger partial charge on any atom is 0.151 e. The lowest BCUT2D eigenvalue weighted by Crippen LogP contribution is -2.73. The molecule has 8 unspecified atom stereocenters. The molecule has 11 nitrogen and oxygen atoms in total. The van der Waals surface area contributed by atoms with Crippen molar-refractivity contribution in [3.63, 3.8) is 0 Å². The fourth-order valence-electron chi connectivity index (χ4n) is 2.53. The van der Waals surface area contributed by atoms with Crippen LogP contribution in [0, 0.1) is 0 Å². The Bertz CT molecular complexity index is 391. The van der Waals surface area contributed by atoms with Crippen molar-refractivity contribution in [1.29, 1.82) is 0 Å². The normalized spacial score (nSPS) is 38.4. The second-order valence-electron chi connectivity index (χ2n) is 5.41. The Labute approximate surface area is 130 Å². The van der Waals surface area contributed by atoms with Crippen LogP contribution in [-0.2, 0) is 9.53 Å². The van der Waals surface area contributed by atoms with Crippen LogP contribution in [0.25, 0.3) is 0 Å². The molecular formula is C12H22O11. The molecule has 0 bridgehead atoms. The van der Waals surface area contributed by atoms with Gasteiger partial charge in [-0.15, -0.1) is 0 Å². The second kappa shape index (κ2) is 7.90. The number of rotatable bonds is 7. The molecular weight excluding hydrogens is 320 g/mol. The van der Waals surface area contributed by atoms with E-state index >= 15 is 0 Å². The van der Waals surface area contributed by atoms with E-state index in [-0.39, 0.29) is 6.29 Å². The van der Waals surface area contributed by atoms with Crippen LogP contribution in [0.1, 0.15) is 0 Å². The van der Waals surface area contributed by atoms with Crippen molar-refractivity contribution < 1.29 is 55.5 Å². The minimum Gasteiger partial charge on any atom is -0.394 e. The smallest absolute Gasteiger partial charge is 0.151 e. The molecule has 136 valence electrons. The molecule has 0 amide bonds. The van der Waals surface area contributed by atoms with Gasteiger partial charge in [0.1, 0.15) is 54.4 Å². The number of aldehydes is 1. The van der Waals surface area contributed by atoms with Crippen LogP contribution < -0.4 is 0 Å². The predicted molar refractivity (Wildman–Crippen MR) is 69.9 cm³/mol. The zero-order valence-electron chi connectivity index (χ0n) is 12.0. The number of carbonyl (C=O) groups excluding carboxylic acids is 1. The molecule has 0 aromatic rings. The lowest BCUT2D eigenvalue weighted by Gasteiger charge is -2.49. The molecule has 1 aliphatic heterocycles. The third kappa shape index (κ3) is 3.53. The zero-order valence-corrected chi connectivity index (χ0v) is 12.0. The van der Waals surface area contributed by atoms with Gasteiger partial charge < -0.3 is 55.5 Å². The van der Waals surface area contributed by atoms with E-state index in [0.717, 1.165) is 0 Å². The van der Waals surface area contributed by atoms with Gasteiger partial charge in [-0.3, -0.25) is 0 Å². The molecule has 0 aromatic heterocycles. The van der Waals surface area contributed by atoms with Crippen LogP contribution in [0.5, 0.6) is 0 Å². The highest BCUT2D eigenvalue weighted by atomic mass is 16.6. The van der Waals surface area contributed by atoms with E-state index in [1.54, 1.807) is 0 Å². The quantitative estimate of drug-likeness (QED) is 0.199. The summed E-state index contributed by atoms with van der Waals surface area (Å²) in [5.74, 6) is 0. The zero-order chi connectivity index (χ0) is 17.9.